The van der Waals surface area contributed by atoms with E-state index in [1.54, 1.807) is 6.08 Å². The molecule has 0 aliphatic heterocycles. The largest absolute Gasteiger partial charge is 0.299 e. The van der Waals surface area contributed by atoms with Crippen LogP contribution in [0.1, 0.15) is 33.1 Å². The van der Waals surface area contributed by atoms with E-state index in [1.165, 1.54) is 6.08 Å². The third-order valence-electron chi connectivity index (χ3n) is 2.77. The summed E-state index contributed by atoms with van der Waals surface area (Å²) in [6, 6.07) is 1.94. The number of hydrogen-bond donors (Lipinski definition) is 0. The van der Waals surface area contributed by atoms with Gasteiger partial charge in [-0.3, -0.25) is 4.79 Å². The lowest BCUT2D eigenvalue weighted by molar-refractivity contribution is -0.127. The van der Waals surface area contributed by atoms with Crippen molar-refractivity contribution in [3.8, 4) is 6.07 Å². The molecule has 0 bridgehead atoms. The number of Topliss-reactive ketones (excluding diaryl/α,β-unsaturated/α-hetero) is 1. The summed E-state index contributed by atoms with van der Waals surface area (Å²) in [5.74, 6) is 0.509. The minimum absolute atomic E-state index is 0.134. The Morgan fingerprint density at radius 1 is 1.69 bits per heavy atom. The molecule has 0 aromatic carbocycles. The van der Waals surface area contributed by atoms with Crippen LogP contribution >= 0.6 is 0 Å². The predicted octanol–water partition coefficient (Wildman–Crippen LogP) is 2.46. The van der Waals surface area contributed by atoms with Crippen molar-refractivity contribution >= 4 is 5.78 Å². The second-order valence-corrected chi connectivity index (χ2v) is 4.25. The molecule has 0 radical (unpaired) electrons. The van der Waals surface area contributed by atoms with Crippen LogP contribution in [0.25, 0.3) is 0 Å². The Bertz CT molecular complexity index is 270. The Hall–Kier alpha value is -1.10. The average Bonchev–Trinajstić information content (AvgIpc) is 2.32. The van der Waals surface area contributed by atoms with Gasteiger partial charge < -0.3 is 0 Å². The number of carbonyl (C=O) groups is 1. The van der Waals surface area contributed by atoms with E-state index in [0.717, 1.165) is 19.3 Å². The van der Waals surface area contributed by atoms with Crippen LogP contribution in [0.3, 0.4) is 0 Å². The molecule has 0 saturated heterocycles. The third kappa shape index (κ3) is 2.18. The van der Waals surface area contributed by atoms with Gasteiger partial charge in [0, 0.05) is 17.4 Å². The molecule has 0 amide bonds. The average molecular weight is 177 g/mol. The van der Waals surface area contributed by atoms with Crippen LogP contribution in [0.4, 0.5) is 0 Å². The molecule has 0 spiro atoms. The second-order valence-electron chi connectivity index (χ2n) is 4.25. The topological polar surface area (TPSA) is 40.9 Å². The molecule has 0 N–H and O–H groups in total. The molecule has 1 aliphatic carbocycles. The Morgan fingerprint density at radius 3 is 2.85 bits per heavy atom. The monoisotopic (exact) mass is 177 g/mol. The third-order valence-corrected chi connectivity index (χ3v) is 2.77. The van der Waals surface area contributed by atoms with E-state index < -0.39 is 0 Å². The number of carbonyl (C=O) groups excluding carboxylic acids is 1. The maximum Gasteiger partial charge on any atom is 0.141 e. The van der Waals surface area contributed by atoms with Gasteiger partial charge >= 0.3 is 0 Å². The smallest absolute Gasteiger partial charge is 0.141 e. The SMILES string of the molecule is CC1(C)CCC(C/C=C/C#N)C1=O. The van der Waals surface area contributed by atoms with Crippen molar-refractivity contribution in [2.75, 3.05) is 0 Å². The van der Waals surface area contributed by atoms with Gasteiger partial charge in [-0.2, -0.15) is 5.26 Å². The molecule has 70 valence electrons. The highest BCUT2D eigenvalue weighted by Gasteiger charge is 2.39. The maximum atomic E-state index is 11.7. The fourth-order valence-corrected chi connectivity index (χ4v) is 1.85. The zero-order chi connectivity index (χ0) is 9.90. The van der Waals surface area contributed by atoms with E-state index >= 15 is 0 Å². The van der Waals surface area contributed by atoms with Crippen LogP contribution in [0.15, 0.2) is 12.2 Å². The first kappa shape index (κ1) is 9.98. The molecule has 2 heteroatoms. The Morgan fingerprint density at radius 2 is 2.38 bits per heavy atom. The fraction of sp³-hybridized carbons (Fsp3) is 0.636. The number of ketones is 1. The minimum Gasteiger partial charge on any atom is -0.299 e. The van der Waals surface area contributed by atoms with Crippen molar-refractivity contribution in [3.05, 3.63) is 12.2 Å². The molecule has 0 heterocycles. The summed E-state index contributed by atoms with van der Waals surface area (Å²) in [5, 5.41) is 8.29. The van der Waals surface area contributed by atoms with Crippen LogP contribution in [0.2, 0.25) is 0 Å². The van der Waals surface area contributed by atoms with Crippen LogP contribution in [0.5, 0.6) is 0 Å². The number of rotatable bonds is 2. The van der Waals surface area contributed by atoms with E-state index in [9.17, 15) is 4.79 Å². The Labute approximate surface area is 79.2 Å². The molecule has 0 aromatic heterocycles. The van der Waals surface area contributed by atoms with Gasteiger partial charge in [0.05, 0.1) is 6.07 Å². The quantitative estimate of drug-likeness (QED) is 0.608. The van der Waals surface area contributed by atoms with Gasteiger partial charge in [0.15, 0.2) is 0 Å². The van der Waals surface area contributed by atoms with Crippen LogP contribution in [-0.4, -0.2) is 5.78 Å². The molecule has 1 fully saturated rings. The first-order valence-corrected chi connectivity index (χ1v) is 4.67. The molecule has 1 aliphatic rings. The van der Waals surface area contributed by atoms with E-state index in [0.29, 0.717) is 5.78 Å². The lowest BCUT2D eigenvalue weighted by atomic mass is 9.88. The van der Waals surface area contributed by atoms with Gasteiger partial charge in [0.2, 0.25) is 0 Å². The first-order chi connectivity index (χ1) is 6.08. The standard InChI is InChI=1S/C11H15NO/c1-11(2)7-6-9(10(11)13)5-3-4-8-12/h3-4,9H,5-7H2,1-2H3/b4-3+. The van der Waals surface area contributed by atoms with Gasteiger partial charge in [-0.1, -0.05) is 19.9 Å². The van der Waals surface area contributed by atoms with Crippen molar-refractivity contribution < 1.29 is 4.79 Å². The zero-order valence-electron chi connectivity index (χ0n) is 8.21. The van der Waals surface area contributed by atoms with E-state index in [4.69, 9.17) is 5.26 Å². The van der Waals surface area contributed by atoms with Crippen molar-refractivity contribution in [3.63, 3.8) is 0 Å². The molecule has 1 rings (SSSR count). The first-order valence-electron chi connectivity index (χ1n) is 4.67. The molecule has 1 atom stereocenters. The highest BCUT2D eigenvalue weighted by Crippen LogP contribution is 2.38. The van der Waals surface area contributed by atoms with Crippen molar-refractivity contribution in [1.82, 2.24) is 0 Å². The Balaban J connectivity index is 2.52. The second kappa shape index (κ2) is 3.74. The zero-order valence-corrected chi connectivity index (χ0v) is 8.21. The van der Waals surface area contributed by atoms with E-state index in [-0.39, 0.29) is 11.3 Å². The number of hydrogen-bond acceptors (Lipinski definition) is 2. The summed E-state index contributed by atoms with van der Waals surface area (Å²) in [6.45, 7) is 4.01. The fourth-order valence-electron chi connectivity index (χ4n) is 1.85. The van der Waals surface area contributed by atoms with E-state index in [1.807, 2.05) is 19.9 Å². The molecule has 0 aromatic rings. The molecular formula is C11H15NO. The molecule has 13 heavy (non-hydrogen) atoms. The van der Waals surface area contributed by atoms with Crippen LogP contribution < -0.4 is 0 Å². The highest BCUT2D eigenvalue weighted by molar-refractivity contribution is 5.88. The molecule has 1 unspecified atom stereocenters. The van der Waals surface area contributed by atoms with Gasteiger partial charge in [-0.05, 0) is 19.3 Å². The van der Waals surface area contributed by atoms with E-state index in [2.05, 4.69) is 0 Å². The summed E-state index contributed by atoms with van der Waals surface area (Å²) >= 11 is 0. The number of nitrogens with zero attached hydrogens (tertiary/aromatic N) is 1. The summed E-state index contributed by atoms with van der Waals surface area (Å²) in [5.41, 5.74) is -0.134. The number of allylic oxidation sites excluding steroid dienone is 2. The van der Waals surface area contributed by atoms with Crippen molar-refractivity contribution in [2.24, 2.45) is 11.3 Å². The summed E-state index contributed by atoms with van der Waals surface area (Å²) < 4.78 is 0. The van der Waals surface area contributed by atoms with Crippen molar-refractivity contribution in [2.45, 2.75) is 33.1 Å². The van der Waals surface area contributed by atoms with Crippen LogP contribution in [0, 0.1) is 22.7 Å². The normalized spacial score (nSPS) is 26.5. The van der Waals surface area contributed by atoms with Gasteiger partial charge in [-0.15, -0.1) is 0 Å². The number of nitriles is 1. The lowest BCUT2D eigenvalue weighted by Crippen LogP contribution is -2.21. The van der Waals surface area contributed by atoms with Gasteiger partial charge in [0.1, 0.15) is 5.78 Å². The van der Waals surface area contributed by atoms with Gasteiger partial charge in [0.25, 0.3) is 0 Å². The summed E-state index contributed by atoms with van der Waals surface area (Å²) in [6.07, 6.45) is 5.94. The molecular weight excluding hydrogens is 162 g/mol. The Kier molecular flexibility index (Phi) is 2.87. The summed E-state index contributed by atoms with van der Waals surface area (Å²) in [4.78, 5) is 11.7. The van der Waals surface area contributed by atoms with Gasteiger partial charge in [-0.25, -0.2) is 0 Å². The van der Waals surface area contributed by atoms with Crippen LogP contribution in [-0.2, 0) is 4.79 Å². The lowest BCUT2D eigenvalue weighted by Gasteiger charge is -2.14. The highest BCUT2D eigenvalue weighted by atomic mass is 16.1. The maximum absolute atomic E-state index is 11.7. The predicted molar refractivity (Wildman–Crippen MR) is 50.9 cm³/mol. The van der Waals surface area contributed by atoms with Crippen molar-refractivity contribution in [1.29, 1.82) is 5.26 Å². The minimum atomic E-state index is -0.134. The molecule has 2 nitrogen and oxygen atoms in total. The summed E-state index contributed by atoms with van der Waals surface area (Å²) in [7, 11) is 0. The molecule has 1 saturated carbocycles.